The van der Waals surface area contributed by atoms with Gasteiger partial charge in [0.1, 0.15) is 5.69 Å². The number of urea groups is 1. The molecule has 2 aromatic carbocycles. The smallest absolute Gasteiger partial charge is 0.321 e. The highest BCUT2D eigenvalue weighted by Gasteiger charge is 2.28. The van der Waals surface area contributed by atoms with E-state index in [0.29, 0.717) is 31.9 Å². The highest BCUT2D eigenvalue weighted by atomic mass is 16.6. The molecule has 1 aliphatic rings. The van der Waals surface area contributed by atoms with Crippen LogP contribution in [0.5, 0.6) is 0 Å². The number of carbonyl (C=O) groups is 2. The summed E-state index contributed by atoms with van der Waals surface area (Å²) in [6.45, 7) is 1.67. The van der Waals surface area contributed by atoms with Crippen LogP contribution in [0.2, 0.25) is 0 Å². The van der Waals surface area contributed by atoms with Crippen LogP contribution in [-0.2, 0) is 4.79 Å². The third-order valence-electron chi connectivity index (χ3n) is 4.94. The number of benzene rings is 2. The van der Waals surface area contributed by atoms with Gasteiger partial charge in [-0.3, -0.25) is 14.9 Å². The number of hydrogen-bond donors (Lipinski definition) is 3. The fraction of sp³-hybridized carbons (Fsp3) is 0.333. The number of piperidine rings is 1. The van der Waals surface area contributed by atoms with Gasteiger partial charge in [-0.1, -0.05) is 30.3 Å². The van der Waals surface area contributed by atoms with E-state index in [-0.39, 0.29) is 23.5 Å². The summed E-state index contributed by atoms with van der Waals surface area (Å²) in [5, 5.41) is 19.7. The number of rotatable bonds is 7. The number of nitrogens with one attached hydrogen (secondary N) is 3. The molecule has 2 aromatic rings. The SMILES string of the molecule is O=C(NCCNc1ccccc1[N+](=O)[O-])[C@H]1CCCN(C(=O)Nc2ccccc2)C1. The van der Waals surface area contributed by atoms with E-state index in [2.05, 4.69) is 16.0 Å². The summed E-state index contributed by atoms with van der Waals surface area (Å²) in [5.41, 5.74) is 1.13. The molecule has 1 aliphatic heterocycles. The topological polar surface area (TPSA) is 117 Å². The number of nitrogens with zero attached hydrogens (tertiary/aromatic N) is 2. The van der Waals surface area contributed by atoms with Gasteiger partial charge >= 0.3 is 6.03 Å². The molecular formula is C21H25N5O4. The van der Waals surface area contributed by atoms with Crippen LogP contribution in [0.4, 0.5) is 21.9 Å². The number of nitro benzene ring substituents is 1. The van der Waals surface area contributed by atoms with E-state index in [1.807, 2.05) is 30.3 Å². The number of hydrogen-bond acceptors (Lipinski definition) is 5. The second-order valence-electron chi connectivity index (χ2n) is 7.07. The predicted octanol–water partition coefficient (Wildman–Crippen LogP) is 3.07. The Labute approximate surface area is 174 Å². The van der Waals surface area contributed by atoms with Crippen molar-refractivity contribution in [1.82, 2.24) is 10.2 Å². The summed E-state index contributed by atoms with van der Waals surface area (Å²) in [6, 6.07) is 15.4. The van der Waals surface area contributed by atoms with E-state index < -0.39 is 4.92 Å². The van der Waals surface area contributed by atoms with Crippen molar-refractivity contribution >= 4 is 29.0 Å². The van der Waals surface area contributed by atoms with Crippen molar-refractivity contribution in [2.24, 2.45) is 5.92 Å². The van der Waals surface area contributed by atoms with Crippen LogP contribution >= 0.6 is 0 Å². The minimum absolute atomic E-state index is 0.00354. The lowest BCUT2D eigenvalue weighted by Gasteiger charge is -2.32. The molecule has 1 saturated heterocycles. The molecule has 9 heteroatoms. The summed E-state index contributed by atoms with van der Waals surface area (Å²) in [6.07, 6.45) is 1.48. The Bertz CT molecular complexity index is 890. The number of likely N-dealkylation sites (tertiary alicyclic amines) is 1. The summed E-state index contributed by atoms with van der Waals surface area (Å²) in [5.74, 6) is -0.386. The Balaban J connectivity index is 1.44. The fourth-order valence-electron chi connectivity index (χ4n) is 3.41. The van der Waals surface area contributed by atoms with Crippen molar-refractivity contribution < 1.29 is 14.5 Å². The van der Waals surface area contributed by atoms with Gasteiger partial charge in [0.15, 0.2) is 0 Å². The molecule has 0 unspecified atom stereocenters. The molecule has 0 bridgehead atoms. The maximum absolute atomic E-state index is 12.5. The van der Waals surface area contributed by atoms with E-state index in [4.69, 9.17) is 0 Å². The van der Waals surface area contributed by atoms with Crippen molar-refractivity contribution in [3.8, 4) is 0 Å². The lowest BCUT2D eigenvalue weighted by molar-refractivity contribution is -0.384. The van der Waals surface area contributed by atoms with Crippen molar-refractivity contribution in [3.05, 3.63) is 64.7 Å². The Kier molecular flexibility index (Phi) is 7.20. The molecule has 1 fully saturated rings. The van der Waals surface area contributed by atoms with Gasteiger partial charge in [-0.05, 0) is 31.0 Å². The predicted molar refractivity (Wildman–Crippen MR) is 114 cm³/mol. The molecule has 0 aromatic heterocycles. The van der Waals surface area contributed by atoms with E-state index in [1.165, 1.54) is 6.07 Å². The molecular weight excluding hydrogens is 386 g/mol. The molecule has 3 N–H and O–H groups in total. The van der Waals surface area contributed by atoms with Crippen LogP contribution in [-0.4, -0.2) is 47.9 Å². The second-order valence-corrected chi connectivity index (χ2v) is 7.07. The quantitative estimate of drug-likeness (QED) is 0.368. The van der Waals surface area contributed by atoms with E-state index in [0.717, 1.165) is 18.5 Å². The van der Waals surface area contributed by atoms with Gasteiger partial charge in [0.2, 0.25) is 5.91 Å². The third-order valence-corrected chi connectivity index (χ3v) is 4.94. The summed E-state index contributed by atoms with van der Waals surface area (Å²) in [4.78, 5) is 37.2. The molecule has 0 radical (unpaired) electrons. The molecule has 0 spiro atoms. The van der Waals surface area contributed by atoms with E-state index >= 15 is 0 Å². The van der Waals surface area contributed by atoms with Crippen LogP contribution in [0.3, 0.4) is 0 Å². The number of nitro groups is 1. The number of carbonyl (C=O) groups excluding carboxylic acids is 2. The first-order chi connectivity index (χ1) is 14.5. The average molecular weight is 411 g/mol. The van der Waals surface area contributed by atoms with Crippen LogP contribution in [0.15, 0.2) is 54.6 Å². The summed E-state index contributed by atoms with van der Waals surface area (Å²) in [7, 11) is 0. The number of anilines is 2. The Hall–Kier alpha value is -3.62. The highest BCUT2D eigenvalue weighted by molar-refractivity contribution is 5.90. The van der Waals surface area contributed by atoms with Crippen LogP contribution in [0.25, 0.3) is 0 Å². The molecule has 1 atom stereocenters. The molecule has 3 rings (SSSR count). The molecule has 30 heavy (non-hydrogen) atoms. The van der Waals surface area contributed by atoms with Crippen LogP contribution in [0.1, 0.15) is 12.8 Å². The van der Waals surface area contributed by atoms with Crippen LogP contribution < -0.4 is 16.0 Å². The Morgan fingerprint density at radius 3 is 2.57 bits per heavy atom. The van der Waals surface area contributed by atoms with Crippen molar-refractivity contribution in [3.63, 3.8) is 0 Å². The normalized spacial score (nSPS) is 15.9. The third kappa shape index (κ3) is 5.69. The van der Waals surface area contributed by atoms with Gasteiger partial charge < -0.3 is 20.9 Å². The first kappa shape index (κ1) is 21.1. The van der Waals surface area contributed by atoms with Crippen LogP contribution in [0, 0.1) is 16.0 Å². The number of amides is 3. The van der Waals surface area contributed by atoms with Gasteiger partial charge in [0, 0.05) is 37.9 Å². The fourth-order valence-corrected chi connectivity index (χ4v) is 3.41. The van der Waals surface area contributed by atoms with Gasteiger partial charge in [-0.15, -0.1) is 0 Å². The number of para-hydroxylation sites is 3. The lowest BCUT2D eigenvalue weighted by atomic mass is 9.97. The maximum Gasteiger partial charge on any atom is 0.321 e. The van der Waals surface area contributed by atoms with Crippen molar-refractivity contribution in [1.29, 1.82) is 0 Å². The molecule has 0 aliphatic carbocycles. The standard InChI is InChI=1S/C21H25N5O4/c27-20(23-13-12-22-18-10-4-5-11-19(18)26(29)30)16-7-6-14-25(15-16)21(28)24-17-8-2-1-3-9-17/h1-5,8-11,16,22H,6-7,12-15H2,(H,23,27)(H,24,28)/t16-/m0/s1. The average Bonchev–Trinajstić information content (AvgIpc) is 2.77. The van der Waals surface area contributed by atoms with Gasteiger partial charge in [0.05, 0.1) is 10.8 Å². The van der Waals surface area contributed by atoms with E-state index in [9.17, 15) is 19.7 Å². The van der Waals surface area contributed by atoms with Crippen molar-refractivity contribution in [2.75, 3.05) is 36.8 Å². The summed E-state index contributed by atoms with van der Waals surface area (Å²) >= 11 is 0. The molecule has 3 amide bonds. The van der Waals surface area contributed by atoms with Gasteiger partial charge in [-0.2, -0.15) is 0 Å². The monoisotopic (exact) mass is 411 g/mol. The minimum atomic E-state index is -0.446. The summed E-state index contributed by atoms with van der Waals surface area (Å²) < 4.78 is 0. The lowest BCUT2D eigenvalue weighted by Crippen LogP contribution is -2.47. The zero-order valence-electron chi connectivity index (χ0n) is 16.5. The first-order valence-electron chi connectivity index (χ1n) is 9.90. The zero-order valence-corrected chi connectivity index (χ0v) is 16.5. The maximum atomic E-state index is 12.5. The molecule has 1 heterocycles. The molecule has 0 saturated carbocycles. The van der Waals surface area contributed by atoms with Gasteiger partial charge in [0.25, 0.3) is 5.69 Å². The largest absolute Gasteiger partial charge is 0.378 e. The molecule has 9 nitrogen and oxygen atoms in total. The van der Waals surface area contributed by atoms with E-state index in [1.54, 1.807) is 23.1 Å². The molecule has 158 valence electrons. The Morgan fingerprint density at radius 1 is 1.07 bits per heavy atom. The van der Waals surface area contributed by atoms with Crippen molar-refractivity contribution in [2.45, 2.75) is 12.8 Å². The highest BCUT2D eigenvalue weighted by Crippen LogP contribution is 2.22. The van der Waals surface area contributed by atoms with Gasteiger partial charge in [-0.25, -0.2) is 4.79 Å². The Morgan fingerprint density at radius 2 is 1.80 bits per heavy atom. The zero-order chi connectivity index (χ0) is 21.3. The second kappa shape index (κ2) is 10.2. The minimum Gasteiger partial charge on any atom is -0.378 e. The first-order valence-corrected chi connectivity index (χ1v) is 9.90.